The van der Waals surface area contributed by atoms with Crippen molar-refractivity contribution in [2.24, 2.45) is 0 Å². The lowest BCUT2D eigenvalue weighted by molar-refractivity contribution is 0.769. The SMILES string of the molecule is c1ccc(-c2ccc(-c3nc(-c4ccccc4)cc(-c4ccc(-c5ccc6c(c5)-c5c(ccc7ccccc57)C6(c5ccccc5)c5ccccc5)c5ccccc45)n3)cc2)cc1. The van der Waals surface area contributed by atoms with E-state index in [0.29, 0.717) is 5.82 Å². The molecule has 0 bridgehead atoms. The van der Waals surface area contributed by atoms with E-state index < -0.39 is 5.41 Å². The van der Waals surface area contributed by atoms with Gasteiger partial charge in [-0.3, -0.25) is 0 Å². The van der Waals surface area contributed by atoms with Gasteiger partial charge in [0.25, 0.3) is 0 Å². The normalized spacial score (nSPS) is 12.6. The second-order valence-corrected chi connectivity index (χ2v) is 16.4. The van der Waals surface area contributed by atoms with Crippen LogP contribution in [0.3, 0.4) is 0 Å². The molecule has 1 aliphatic rings. The van der Waals surface area contributed by atoms with Crippen molar-refractivity contribution in [3.63, 3.8) is 0 Å². The Morgan fingerprint density at radius 1 is 0.286 bits per heavy atom. The summed E-state index contributed by atoms with van der Waals surface area (Å²) >= 11 is 0. The first-order valence-corrected chi connectivity index (χ1v) is 21.6. The summed E-state index contributed by atoms with van der Waals surface area (Å²) in [7, 11) is 0. The van der Waals surface area contributed by atoms with Gasteiger partial charge in [-0.15, -0.1) is 0 Å². The molecule has 0 saturated heterocycles. The molecule has 0 spiro atoms. The zero-order valence-corrected chi connectivity index (χ0v) is 34.5. The highest BCUT2D eigenvalue weighted by Crippen LogP contribution is 2.58. The molecule has 0 aliphatic heterocycles. The monoisotopic (exact) mass is 800 g/mol. The number of aromatic nitrogens is 2. The Morgan fingerprint density at radius 3 is 1.46 bits per heavy atom. The summed E-state index contributed by atoms with van der Waals surface area (Å²) in [5, 5.41) is 4.83. The van der Waals surface area contributed by atoms with Gasteiger partial charge in [-0.2, -0.15) is 0 Å². The van der Waals surface area contributed by atoms with Crippen molar-refractivity contribution in [3.8, 4) is 67.3 Å². The Morgan fingerprint density at radius 2 is 0.778 bits per heavy atom. The van der Waals surface area contributed by atoms with E-state index in [0.717, 1.165) is 39.0 Å². The Hall–Kier alpha value is -8.20. The van der Waals surface area contributed by atoms with Crippen LogP contribution in [-0.2, 0) is 5.41 Å². The van der Waals surface area contributed by atoms with E-state index in [1.54, 1.807) is 0 Å². The van der Waals surface area contributed by atoms with Crippen LogP contribution in [0.1, 0.15) is 22.3 Å². The Balaban J connectivity index is 1.04. The van der Waals surface area contributed by atoms with Gasteiger partial charge in [0, 0.05) is 16.7 Å². The first-order chi connectivity index (χ1) is 31.2. The van der Waals surface area contributed by atoms with Crippen LogP contribution < -0.4 is 0 Å². The van der Waals surface area contributed by atoms with Gasteiger partial charge in [0.05, 0.1) is 16.8 Å². The quantitative estimate of drug-likeness (QED) is 0.160. The van der Waals surface area contributed by atoms with Gasteiger partial charge in [-0.05, 0) is 89.3 Å². The van der Waals surface area contributed by atoms with E-state index in [2.05, 4.69) is 231 Å². The van der Waals surface area contributed by atoms with Gasteiger partial charge >= 0.3 is 0 Å². The maximum Gasteiger partial charge on any atom is 0.160 e. The number of benzene rings is 10. The van der Waals surface area contributed by atoms with Crippen molar-refractivity contribution < 1.29 is 0 Å². The molecule has 63 heavy (non-hydrogen) atoms. The largest absolute Gasteiger partial charge is 0.228 e. The van der Waals surface area contributed by atoms with Crippen LogP contribution in [0, 0.1) is 0 Å². The van der Waals surface area contributed by atoms with Crippen molar-refractivity contribution in [2.45, 2.75) is 5.41 Å². The van der Waals surface area contributed by atoms with Gasteiger partial charge in [0.15, 0.2) is 5.82 Å². The highest BCUT2D eigenvalue weighted by Gasteiger charge is 2.46. The Labute approximate surface area is 367 Å². The fourth-order valence-corrected chi connectivity index (χ4v) is 10.1. The predicted molar refractivity (Wildman–Crippen MR) is 262 cm³/mol. The van der Waals surface area contributed by atoms with E-state index in [1.165, 1.54) is 66.2 Å². The van der Waals surface area contributed by atoms with Crippen LogP contribution >= 0.6 is 0 Å². The maximum atomic E-state index is 5.32. The summed E-state index contributed by atoms with van der Waals surface area (Å²) in [5.74, 6) is 0.698. The van der Waals surface area contributed by atoms with Gasteiger partial charge in [-0.25, -0.2) is 9.97 Å². The van der Waals surface area contributed by atoms with Crippen molar-refractivity contribution in [2.75, 3.05) is 0 Å². The third kappa shape index (κ3) is 6.02. The summed E-state index contributed by atoms with van der Waals surface area (Å²) in [6.07, 6.45) is 0. The van der Waals surface area contributed by atoms with Crippen molar-refractivity contribution in [3.05, 3.63) is 265 Å². The molecule has 2 heteroatoms. The van der Waals surface area contributed by atoms with Crippen LogP contribution in [-0.4, -0.2) is 9.97 Å². The van der Waals surface area contributed by atoms with Crippen LogP contribution in [0.4, 0.5) is 0 Å². The highest BCUT2D eigenvalue weighted by atomic mass is 14.9. The lowest BCUT2D eigenvalue weighted by Crippen LogP contribution is -2.28. The molecular formula is C61H40N2. The van der Waals surface area contributed by atoms with Gasteiger partial charge in [0.1, 0.15) is 0 Å². The molecule has 10 aromatic carbocycles. The van der Waals surface area contributed by atoms with E-state index in [1.807, 2.05) is 12.1 Å². The van der Waals surface area contributed by atoms with Gasteiger partial charge in [-0.1, -0.05) is 231 Å². The molecule has 0 unspecified atom stereocenters. The second-order valence-electron chi connectivity index (χ2n) is 16.4. The molecule has 12 rings (SSSR count). The summed E-state index contributed by atoms with van der Waals surface area (Å²) in [4.78, 5) is 10.5. The van der Waals surface area contributed by atoms with E-state index in [-0.39, 0.29) is 0 Å². The van der Waals surface area contributed by atoms with Crippen LogP contribution in [0.15, 0.2) is 243 Å². The zero-order chi connectivity index (χ0) is 41.7. The molecule has 11 aromatic rings. The number of nitrogens with zero attached hydrogens (tertiary/aromatic N) is 2. The smallest absolute Gasteiger partial charge is 0.160 e. The zero-order valence-electron chi connectivity index (χ0n) is 34.5. The van der Waals surface area contributed by atoms with E-state index in [4.69, 9.17) is 9.97 Å². The number of hydrogen-bond donors (Lipinski definition) is 0. The van der Waals surface area contributed by atoms with Crippen molar-refractivity contribution >= 4 is 21.5 Å². The lowest BCUT2D eigenvalue weighted by Gasteiger charge is -2.34. The lowest BCUT2D eigenvalue weighted by atomic mass is 9.67. The minimum atomic E-state index is -0.481. The minimum absolute atomic E-state index is 0.481. The van der Waals surface area contributed by atoms with Crippen LogP contribution in [0.5, 0.6) is 0 Å². The van der Waals surface area contributed by atoms with Crippen molar-refractivity contribution in [1.29, 1.82) is 0 Å². The van der Waals surface area contributed by atoms with Crippen LogP contribution in [0.25, 0.3) is 88.8 Å². The molecule has 0 fully saturated rings. The average Bonchev–Trinajstić information content (AvgIpc) is 3.68. The molecule has 1 aliphatic carbocycles. The third-order valence-electron chi connectivity index (χ3n) is 13.0. The summed E-state index contributed by atoms with van der Waals surface area (Å²) in [5.41, 5.74) is 16.8. The van der Waals surface area contributed by atoms with E-state index >= 15 is 0 Å². The number of fused-ring (bicyclic) bond motifs is 6. The molecule has 0 N–H and O–H groups in total. The molecule has 0 radical (unpaired) electrons. The third-order valence-corrected chi connectivity index (χ3v) is 13.0. The molecular weight excluding hydrogens is 761 g/mol. The molecule has 294 valence electrons. The summed E-state index contributed by atoms with van der Waals surface area (Å²) in [6.45, 7) is 0. The minimum Gasteiger partial charge on any atom is -0.228 e. The average molecular weight is 801 g/mol. The summed E-state index contributed by atoms with van der Waals surface area (Å²) in [6, 6.07) is 87.7. The fraction of sp³-hybridized carbons (Fsp3) is 0.0164. The van der Waals surface area contributed by atoms with Gasteiger partial charge in [0.2, 0.25) is 0 Å². The van der Waals surface area contributed by atoms with Gasteiger partial charge < -0.3 is 0 Å². The topological polar surface area (TPSA) is 25.8 Å². The summed E-state index contributed by atoms with van der Waals surface area (Å²) < 4.78 is 0. The maximum absolute atomic E-state index is 5.32. The molecule has 2 nitrogen and oxygen atoms in total. The molecule has 0 saturated carbocycles. The Kier molecular flexibility index (Phi) is 8.76. The first kappa shape index (κ1) is 36.6. The standard InChI is InChI=1S/C61H40N2/c1-5-17-41(18-6-1)42-29-31-45(32-30-42)60-62-57(44-20-7-2-8-21-44)40-58(63-60)53-36-35-49(51-27-15-16-28-52(51)53)46-34-37-55-54(39-46)59-50-26-14-13-19-43(50)33-38-56(59)61(55,47-22-9-3-10-23-47)48-24-11-4-12-25-48/h1-40H. The first-order valence-electron chi connectivity index (χ1n) is 21.6. The highest BCUT2D eigenvalue weighted by molar-refractivity contribution is 6.08. The number of rotatable bonds is 7. The fourth-order valence-electron chi connectivity index (χ4n) is 10.1. The molecule has 1 heterocycles. The van der Waals surface area contributed by atoms with Crippen molar-refractivity contribution in [1.82, 2.24) is 9.97 Å². The van der Waals surface area contributed by atoms with Crippen LogP contribution in [0.2, 0.25) is 0 Å². The molecule has 1 aromatic heterocycles. The Bertz CT molecular complexity index is 3430. The number of hydrogen-bond acceptors (Lipinski definition) is 2. The predicted octanol–water partition coefficient (Wildman–Crippen LogP) is 15.5. The van der Waals surface area contributed by atoms with E-state index in [9.17, 15) is 0 Å². The second kappa shape index (κ2) is 15.1. The molecule has 0 amide bonds. The molecule has 0 atom stereocenters.